The summed E-state index contributed by atoms with van der Waals surface area (Å²) < 4.78 is 50.0. The summed E-state index contributed by atoms with van der Waals surface area (Å²) in [6.07, 6.45) is 1.49. The second kappa shape index (κ2) is 6.34. The van der Waals surface area contributed by atoms with E-state index >= 15 is 0 Å². The Kier molecular flexibility index (Phi) is 4.52. The molecule has 1 heterocycles. The number of nitrogens with zero attached hydrogens (tertiary/aromatic N) is 1. The molecule has 0 aliphatic rings. The quantitative estimate of drug-likeness (QED) is 0.861. The summed E-state index contributed by atoms with van der Waals surface area (Å²) in [7, 11) is 2.90. The SMILES string of the molecule is COc1ccnc(CNc2cc(F)cc(F)c2F)c1OC. The minimum atomic E-state index is -1.26. The predicted octanol–water partition coefficient (Wildman–Crippen LogP) is 3.13. The average Bonchev–Trinajstić information content (AvgIpc) is 2.48. The van der Waals surface area contributed by atoms with Gasteiger partial charge in [-0.15, -0.1) is 0 Å². The number of hydrogen-bond acceptors (Lipinski definition) is 4. The lowest BCUT2D eigenvalue weighted by molar-refractivity contribution is 0.350. The standard InChI is InChI=1S/C14H13F3N2O2/c1-20-12-3-4-18-11(14(12)21-2)7-19-10-6-8(15)5-9(16)13(10)17/h3-6,19H,7H2,1-2H3. The first-order valence-corrected chi connectivity index (χ1v) is 6.01. The Morgan fingerprint density at radius 1 is 1.14 bits per heavy atom. The lowest BCUT2D eigenvalue weighted by Crippen LogP contribution is -2.07. The van der Waals surface area contributed by atoms with E-state index in [2.05, 4.69) is 10.3 Å². The van der Waals surface area contributed by atoms with Crippen LogP contribution in [0, 0.1) is 17.5 Å². The minimum Gasteiger partial charge on any atom is -0.493 e. The molecule has 1 aromatic heterocycles. The molecule has 0 saturated heterocycles. The predicted molar refractivity (Wildman–Crippen MR) is 71.0 cm³/mol. The van der Waals surface area contributed by atoms with Crippen LogP contribution in [0.1, 0.15) is 5.69 Å². The molecule has 0 aliphatic carbocycles. The largest absolute Gasteiger partial charge is 0.493 e. The lowest BCUT2D eigenvalue weighted by atomic mass is 10.2. The summed E-state index contributed by atoms with van der Waals surface area (Å²) in [5.74, 6) is -2.47. The molecule has 7 heteroatoms. The molecule has 112 valence electrons. The number of benzene rings is 1. The fourth-order valence-corrected chi connectivity index (χ4v) is 1.84. The number of methoxy groups -OCH3 is 2. The lowest BCUT2D eigenvalue weighted by Gasteiger charge is -2.13. The molecule has 1 aromatic carbocycles. The third-order valence-electron chi connectivity index (χ3n) is 2.81. The number of aromatic nitrogens is 1. The van der Waals surface area contributed by atoms with E-state index in [-0.39, 0.29) is 12.2 Å². The summed E-state index contributed by atoms with van der Waals surface area (Å²) in [5.41, 5.74) is 0.125. The fourth-order valence-electron chi connectivity index (χ4n) is 1.84. The zero-order valence-electron chi connectivity index (χ0n) is 11.4. The van der Waals surface area contributed by atoms with E-state index in [4.69, 9.17) is 9.47 Å². The number of hydrogen-bond donors (Lipinski definition) is 1. The van der Waals surface area contributed by atoms with E-state index < -0.39 is 17.5 Å². The Labute approximate surface area is 119 Å². The van der Waals surface area contributed by atoms with Crippen molar-refractivity contribution in [3.63, 3.8) is 0 Å². The van der Waals surface area contributed by atoms with Crippen LogP contribution < -0.4 is 14.8 Å². The zero-order chi connectivity index (χ0) is 15.4. The summed E-state index contributed by atoms with van der Waals surface area (Å²) >= 11 is 0. The molecular weight excluding hydrogens is 285 g/mol. The maximum absolute atomic E-state index is 13.5. The summed E-state index contributed by atoms with van der Waals surface area (Å²) in [6, 6.07) is 2.95. The van der Waals surface area contributed by atoms with E-state index in [1.807, 2.05) is 0 Å². The highest BCUT2D eigenvalue weighted by atomic mass is 19.2. The van der Waals surface area contributed by atoms with Gasteiger partial charge in [-0.1, -0.05) is 0 Å². The second-order valence-electron chi connectivity index (χ2n) is 4.10. The van der Waals surface area contributed by atoms with Crippen molar-refractivity contribution < 1.29 is 22.6 Å². The van der Waals surface area contributed by atoms with E-state index in [0.29, 0.717) is 23.3 Å². The second-order valence-corrected chi connectivity index (χ2v) is 4.10. The number of anilines is 1. The van der Waals surface area contributed by atoms with Crippen LogP contribution in [0.4, 0.5) is 18.9 Å². The van der Waals surface area contributed by atoms with Crippen LogP contribution in [0.2, 0.25) is 0 Å². The number of ether oxygens (including phenoxy) is 2. The fraction of sp³-hybridized carbons (Fsp3) is 0.214. The van der Waals surface area contributed by atoms with E-state index in [1.165, 1.54) is 20.4 Å². The van der Waals surface area contributed by atoms with Crippen molar-refractivity contribution in [2.24, 2.45) is 0 Å². The molecular formula is C14H13F3N2O2. The van der Waals surface area contributed by atoms with Gasteiger partial charge in [-0.25, -0.2) is 13.2 Å². The topological polar surface area (TPSA) is 43.4 Å². The minimum absolute atomic E-state index is 0.0141. The van der Waals surface area contributed by atoms with E-state index in [9.17, 15) is 13.2 Å². The van der Waals surface area contributed by atoms with Crippen molar-refractivity contribution in [2.45, 2.75) is 6.54 Å². The van der Waals surface area contributed by atoms with Crippen LogP contribution in [-0.2, 0) is 6.54 Å². The highest BCUT2D eigenvalue weighted by Gasteiger charge is 2.14. The maximum Gasteiger partial charge on any atom is 0.184 e. The summed E-state index contributed by atoms with van der Waals surface area (Å²) in [6.45, 7) is 0.0141. The van der Waals surface area contributed by atoms with Gasteiger partial charge < -0.3 is 14.8 Å². The first-order valence-electron chi connectivity index (χ1n) is 6.01. The maximum atomic E-state index is 13.5. The van der Waals surface area contributed by atoms with Gasteiger partial charge in [-0.05, 0) is 0 Å². The molecule has 0 radical (unpaired) electrons. The van der Waals surface area contributed by atoms with Crippen LogP contribution >= 0.6 is 0 Å². The van der Waals surface area contributed by atoms with Gasteiger partial charge in [0.1, 0.15) is 11.5 Å². The zero-order valence-corrected chi connectivity index (χ0v) is 11.4. The van der Waals surface area contributed by atoms with Crippen molar-refractivity contribution in [1.82, 2.24) is 4.98 Å². The number of nitrogens with one attached hydrogen (secondary N) is 1. The Morgan fingerprint density at radius 2 is 1.90 bits per heavy atom. The first kappa shape index (κ1) is 15.0. The van der Waals surface area contributed by atoms with Crippen LogP contribution in [0.3, 0.4) is 0 Å². The normalized spacial score (nSPS) is 10.3. The van der Waals surface area contributed by atoms with Gasteiger partial charge in [0.2, 0.25) is 0 Å². The van der Waals surface area contributed by atoms with Crippen molar-refractivity contribution >= 4 is 5.69 Å². The summed E-state index contributed by atoms with van der Waals surface area (Å²) in [4.78, 5) is 4.07. The molecule has 0 fully saturated rings. The van der Waals surface area contributed by atoms with Crippen molar-refractivity contribution in [2.75, 3.05) is 19.5 Å². The van der Waals surface area contributed by atoms with E-state index in [1.54, 1.807) is 6.07 Å². The molecule has 2 aromatic rings. The summed E-state index contributed by atoms with van der Waals surface area (Å²) in [5, 5.41) is 2.58. The van der Waals surface area contributed by atoms with Crippen molar-refractivity contribution in [3.8, 4) is 11.5 Å². The molecule has 0 amide bonds. The molecule has 1 N–H and O–H groups in total. The number of halogens is 3. The highest BCUT2D eigenvalue weighted by molar-refractivity contribution is 5.48. The van der Waals surface area contributed by atoms with Gasteiger partial charge in [0, 0.05) is 24.4 Å². The molecule has 0 unspecified atom stereocenters. The number of rotatable bonds is 5. The van der Waals surface area contributed by atoms with Crippen molar-refractivity contribution in [1.29, 1.82) is 0 Å². The molecule has 0 atom stereocenters. The van der Waals surface area contributed by atoms with Crippen molar-refractivity contribution in [3.05, 3.63) is 47.5 Å². The van der Waals surface area contributed by atoms with Gasteiger partial charge in [-0.3, -0.25) is 4.98 Å². The van der Waals surface area contributed by atoms with Gasteiger partial charge in [0.05, 0.1) is 26.5 Å². The smallest absolute Gasteiger partial charge is 0.184 e. The van der Waals surface area contributed by atoms with Crippen LogP contribution in [0.5, 0.6) is 11.5 Å². The Balaban J connectivity index is 2.25. The van der Waals surface area contributed by atoms with Crippen LogP contribution in [0.15, 0.2) is 24.4 Å². The third-order valence-corrected chi connectivity index (χ3v) is 2.81. The van der Waals surface area contributed by atoms with Gasteiger partial charge in [0.15, 0.2) is 23.1 Å². The first-order chi connectivity index (χ1) is 10.1. The molecule has 4 nitrogen and oxygen atoms in total. The molecule has 2 rings (SSSR count). The highest BCUT2D eigenvalue weighted by Crippen LogP contribution is 2.29. The van der Waals surface area contributed by atoms with Gasteiger partial charge in [0.25, 0.3) is 0 Å². The van der Waals surface area contributed by atoms with E-state index in [0.717, 1.165) is 6.07 Å². The number of pyridine rings is 1. The molecule has 0 saturated carbocycles. The Hall–Kier alpha value is -2.44. The Morgan fingerprint density at radius 3 is 2.57 bits per heavy atom. The van der Waals surface area contributed by atoms with Gasteiger partial charge in [-0.2, -0.15) is 0 Å². The van der Waals surface area contributed by atoms with Gasteiger partial charge >= 0.3 is 0 Å². The Bertz CT molecular complexity index is 650. The van der Waals surface area contributed by atoms with Crippen LogP contribution in [-0.4, -0.2) is 19.2 Å². The van der Waals surface area contributed by atoms with Crippen LogP contribution in [0.25, 0.3) is 0 Å². The molecule has 0 aliphatic heterocycles. The molecule has 21 heavy (non-hydrogen) atoms. The molecule has 0 bridgehead atoms. The average molecular weight is 298 g/mol. The third kappa shape index (κ3) is 3.18. The monoisotopic (exact) mass is 298 g/mol. The molecule has 0 spiro atoms.